The fraction of sp³-hybridized carbons (Fsp3) is 0.533. The van der Waals surface area contributed by atoms with E-state index in [9.17, 15) is 9.90 Å². The lowest BCUT2D eigenvalue weighted by molar-refractivity contribution is -0.165. The Kier molecular flexibility index (Phi) is 5.83. The van der Waals surface area contributed by atoms with Crippen molar-refractivity contribution in [3.8, 4) is 0 Å². The molecule has 0 unspecified atom stereocenters. The van der Waals surface area contributed by atoms with Crippen LogP contribution in [-0.2, 0) is 15.1 Å². The number of carbonyl (C=O) groups excluding carboxylic acids is 1. The van der Waals surface area contributed by atoms with Crippen molar-refractivity contribution < 1.29 is 14.6 Å². The molecule has 3 nitrogen and oxygen atoms in total. The van der Waals surface area contributed by atoms with Crippen molar-refractivity contribution in [2.24, 2.45) is 5.92 Å². The second-order valence-corrected chi connectivity index (χ2v) is 4.83. The van der Waals surface area contributed by atoms with Gasteiger partial charge in [0, 0.05) is 5.02 Å². The summed E-state index contributed by atoms with van der Waals surface area (Å²) in [7, 11) is 0. The summed E-state index contributed by atoms with van der Waals surface area (Å²) < 4.78 is 4.92. The molecule has 0 saturated heterocycles. The topological polar surface area (TPSA) is 46.5 Å². The molecular weight excluding hydrogens is 264 g/mol. The Morgan fingerprint density at radius 1 is 1.37 bits per heavy atom. The van der Waals surface area contributed by atoms with Gasteiger partial charge in [0.1, 0.15) is 0 Å². The van der Waals surface area contributed by atoms with Gasteiger partial charge >= 0.3 is 5.97 Å². The largest absolute Gasteiger partial charge is 0.466 e. The van der Waals surface area contributed by atoms with Crippen LogP contribution < -0.4 is 0 Å². The second kappa shape index (κ2) is 6.92. The van der Waals surface area contributed by atoms with E-state index >= 15 is 0 Å². The summed E-state index contributed by atoms with van der Waals surface area (Å²) in [5.74, 6) is -0.401. The third kappa shape index (κ3) is 3.71. The van der Waals surface area contributed by atoms with Crippen LogP contribution >= 0.6 is 11.6 Å². The molecule has 2 rings (SSSR count). The van der Waals surface area contributed by atoms with Crippen LogP contribution in [-0.4, -0.2) is 17.7 Å². The molecule has 1 aromatic rings. The average Bonchev–Trinajstić information content (AvgIpc) is 2.38. The number of benzene rings is 1. The number of ether oxygens (including phenoxy) is 1. The molecule has 1 N–H and O–H groups in total. The van der Waals surface area contributed by atoms with Gasteiger partial charge in [-0.05, 0) is 37.5 Å². The Balaban J connectivity index is 0.000000861. The van der Waals surface area contributed by atoms with Crippen LogP contribution in [0.1, 0.15) is 39.2 Å². The van der Waals surface area contributed by atoms with Crippen LogP contribution in [0, 0.1) is 5.92 Å². The quantitative estimate of drug-likeness (QED) is 0.864. The number of hydrogen-bond donors (Lipinski definition) is 1. The molecule has 4 heteroatoms. The average molecular weight is 285 g/mol. The first-order valence-corrected chi connectivity index (χ1v) is 7.08. The minimum atomic E-state index is -0.901. The fourth-order valence-electron chi connectivity index (χ4n) is 2.18. The highest BCUT2D eigenvalue weighted by molar-refractivity contribution is 6.30. The SMILES string of the molecule is CC.CCOC(=O)C1CC(O)(c2ccc(Cl)cc2)C1. The highest BCUT2D eigenvalue weighted by atomic mass is 35.5. The minimum Gasteiger partial charge on any atom is -0.466 e. The predicted octanol–water partition coefficient (Wildman–Crippen LogP) is 3.53. The van der Waals surface area contributed by atoms with Gasteiger partial charge in [-0.25, -0.2) is 0 Å². The van der Waals surface area contributed by atoms with E-state index in [1.54, 1.807) is 31.2 Å². The molecule has 0 bridgehead atoms. The summed E-state index contributed by atoms with van der Waals surface area (Å²) in [5, 5.41) is 10.9. The molecule has 1 aromatic carbocycles. The first kappa shape index (κ1) is 16.0. The smallest absolute Gasteiger partial charge is 0.309 e. The van der Waals surface area contributed by atoms with Crippen molar-refractivity contribution in [2.45, 2.75) is 39.2 Å². The minimum absolute atomic E-state index is 0.185. The number of carbonyl (C=O) groups is 1. The summed E-state index contributed by atoms with van der Waals surface area (Å²) in [4.78, 5) is 11.4. The van der Waals surface area contributed by atoms with Crippen LogP contribution in [0.5, 0.6) is 0 Å². The Labute approximate surface area is 119 Å². The van der Waals surface area contributed by atoms with E-state index in [0.717, 1.165) is 5.56 Å². The van der Waals surface area contributed by atoms with E-state index in [0.29, 0.717) is 24.5 Å². The molecule has 1 aliphatic carbocycles. The van der Waals surface area contributed by atoms with Crippen molar-refractivity contribution in [2.75, 3.05) is 6.61 Å². The summed E-state index contributed by atoms with van der Waals surface area (Å²) in [5.41, 5.74) is -0.0930. The highest BCUT2D eigenvalue weighted by Gasteiger charge is 2.47. The van der Waals surface area contributed by atoms with E-state index in [-0.39, 0.29) is 11.9 Å². The first-order chi connectivity index (χ1) is 9.05. The monoisotopic (exact) mass is 284 g/mol. The molecule has 19 heavy (non-hydrogen) atoms. The lowest BCUT2D eigenvalue weighted by Gasteiger charge is -2.42. The van der Waals surface area contributed by atoms with Crippen molar-refractivity contribution in [3.63, 3.8) is 0 Å². The summed E-state index contributed by atoms with van der Waals surface area (Å²) in [6.45, 7) is 6.16. The van der Waals surface area contributed by atoms with Gasteiger partial charge in [0.15, 0.2) is 0 Å². The lowest BCUT2D eigenvalue weighted by Crippen LogP contribution is -2.45. The lowest BCUT2D eigenvalue weighted by atomic mass is 9.67. The van der Waals surface area contributed by atoms with Gasteiger partial charge in [0.25, 0.3) is 0 Å². The van der Waals surface area contributed by atoms with Gasteiger partial charge in [0.2, 0.25) is 0 Å². The number of aliphatic hydroxyl groups is 1. The zero-order chi connectivity index (χ0) is 14.5. The van der Waals surface area contributed by atoms with Crippen LogP contribution in [0.25, 0.3) is 0 Å². The molecule has 0 heterocycles. The zero-order valence-electron chi connectivity index (χ0n) is 11.6. The van der Waals surface area contributed by atoms with E-state index in [1.165, 1.54) is 0 Å². The molecule has 106 valence electrons. The van der Waals surface area contributed by atoms with E-state index in [1.807, 2.05) is 13.8 Å². The van der Waals surface area contributed by atoms with Gasteiger partial charge in [-0.3, -0.25) is 4.79 Å². The first-order valence-electron chi connectivity index (χ1n) is 6.70. The maximum atomic E-state index is 11.4. The van der Waals surface area contributed by atoms with Crippen molar-refractivity contribution >= 4 is 17.6 Å². The maximum absolute atomic E-state index is 11.4. The number of hydrogen-bond acceptors (Lipinski definition) is 3. The molecular formula is C15H21ClO3. The molecule has 0 amide bonds. The molecule has 0 spiro atoms. The Bertz CT molecular complexity index is 408. The maximum Gasteiger partial charge on any atom is 0.309 e. The predicted molar refractivity (Wildman–Crippen MR) is 76.1 cm³/mol. The number of rotatable bonds is 3. The van der Waals surface area contributed by atoms with Crippen LogP contribution in [0.2, 0.25) is 5.02 Å². The second-order valence-electron chi connectivity index (χ2n) is 4.40. The van der Waals surface area contributed by atoms with E-state index in [4.69, 9.17) is 16.3 Å². The van der Waals surface area contributed by atoms with Crippen molar-refractivity contribution in [3.05, 3.63) is 34.9 Å². The van der Waals surface area contributed by atoms with Gasteiger partial charge in [0.05, 0.1) is 18.1 Å². The molecule has 1 aliphatic rings. The van der Waals surface area contributed by atoms with E-state index in [2.05, 4.69) is 0 Å². The van der Waals surface area contributed by atoms with Crippen molar-refractivity contribution in [1.29, 1.82) is 0 Å². The van der Waals surface area contributed by atoms with Crippen LogP contribution in [0.15, 0.2) is 24.3 Å². The third-order valence-electron chi connectivity index (χ3n) is 3.17. The molecule has 0 radical (unpaired) electrons. The Hall–Kier alpha value is -1.06. The molecule has 0 atom stereocenters. The summed E-state index contributed by atoms with van der Waals surface area (Å²) >= 11 is 5.79. The number of halogens is 1. The van der Waals surface area contributed by atoms with E-state index < -0.39 is 5.60 Å². The third-order valence-corrected chi connectivity index (χ3v) is 3.42. The molecule has 0 aromatic heterocycles. The molecule has 0 aliphatic heterocycles. The molecule has 1 fully saturated rings. The zero-order valence-corrected chi connectivity index (χ0v) is 12.4. The van der Waals surface area contributed by atoms with Gasteiger partial charge in [-0.2, -0.15) is 0 Å². The number of esters is 1. The van der Waals surface area contributed by atoms with Crippen molar-refractivity contribution in [1.82, 2.24) is 0 Å². The fourth-order valence-corrected chi connectivity index (χ4v) is 2.30. The Morgan fingerprint density at radius 3 is 2.37 bits per heavy atom. The van der Waals surface area contributed by atoms with Crippen LogP contribution in [0.4, 0.5) is 0 Å². The van der Waals surface area contributed by atoms with Gasteiger partial charge in [-0.15, -0.1) is 0 Å². The van der Waals surface area contributed by atoms with Crippen LogP contribution in [0.3, 0.4) is 0 Å². The summed E-state index contributed by atoms with van der Waals surface area (Å²) in [6, 6.07) is 7.08. The van der Waals surface area contributed by atoms with Gasteiger partial charge in [-0.1, -0.05) is 37.6 Å². The summed E-state index contributed by atoms with van der Waals surface area (Å²) in [6.07, 6.45) is 0.848. The van der Waals surface area contributed by atoms with Gasteiger partial charge < -0.3 is 9.84 Å². The highest BCUT2D eigenvalue weighted by Crippen LogP contribution is 2.46. The Morgan fingerprint density at radius 2 is 1.89 bits per heavy atom. The standard InChI is InChI=1S/C13H15ClO3.C2H6/c1-2-17-12(15)9-7-13(16,8-9)10-3-5-11(14)6-4-10;1-2/h3-6,9,16H,2,7-8H2,1H3;1-2H3. The molecule has 1 saturated carbocycles. The normalized spacial score (nSPS) is 24.8.